The molecule has 0 heterocycles. The van der Waals surface area contributed by atoms with E-state index in [2.05, 4.69) is 10.6 Å². The molecule has 88 valence electrons. The number of carbonyl (C=O) groups is 2. The number of hydrogen-bond donors (Lipinski definition) is 3. The number of amides is 2. The second kappa shape index (κ2) is 6.40. The summed E-state index contributed by atoms with van der Waals surface area (Å²) in [4.78, 5) is 22.4. The Kier molecular flexibility index (Phi) is 5.93. The Hall–Kier alpha value is -1.10. The number of nitrogens with two attached hydrogens (primary N) is 1. The molecule has 2 amide bonds. The van der Waals surface area contributed by atoms with E-state index < -0.39 is 5.54 Å². The maximum atomic E-state index is 11.3. The molecule has 0 unspecified atom stereocenters. The molecule has 0 spiro atoms. The number of hydrogen-bond acceptors (Lipinski definition) is 3. The van der Waals surface area contributed by atoms with Crippen LogP contribution in [0, 0.1) is 0 Å². The van der Waals surface area contributed by atoms with Gasteiger partial charge in [-0.05, 0) is 20.3 Å². The molecule has 0 radical (unpaired) electrons. The highest BCUT2D eigenvalue weighted by atomic mass is 16.2. The smallest absolute Gasteiger partial charge is 0.239 e. The summed E-state index contributed by atoms with van der Waals surface area (Å²) in [5, 5.41) is 5.33. The minimum absolute atomic E-state index is 0.0491. The van der Waals surface area contributed by atoms with Crippen LogP contribution in [0.1, 0.15) is 33.6 Å². The van der Waals surface area contributed by atoms with E-state index in [1.807, 2.05) is 6.92 Å². The lowest BCUT2D eigenvalue weighted by Gasteiger charge is -2.17. The molecule has 0 rings (SSSR count). The molecular weight excluding hydrogens is 194 g/mol. The normalized spacial score (nSPS) is 10.9. The average Bonchev–Trinajstić information content (AvgIpc) is 2.13. The molecular formula is C10H21N3O2. The van der Waals surface area contributed by atoms with Crippen molar-refractivity contribution in [2.45, 2.75) is 39.2 Å². The van der Waals surface area contributed by atoms with Crippen LogP contribution in [0.5, 0.6) is 0 Å². The highest BCUT2D eigenvalue weighted by Gasteiger charge is 2.21. The minimum atomic E-state index is -0.889. The molecule has 5 nitrogen and oxygen atoms in total. The first kappa shape index (κ1) is 13.9. The summed E-state index contributed by atoms with van der Waals surface area (Å²) in [6.07, 6.45) is 1.20. The van der Waals surface area contributed by atoms with Crippen molar-refractivity contribution in [2.75, 3.05) is 13.1 Å². The fourth-order valence-corrected chi connectivity index (χ4v) is 0.870. The molecule has 0 aliphatic heterocycles. The van der Waals surface area contributed by atoms with Crippen LogP contribution in [0.4, 0.5) is 0 Å². The first-order valence-corrected chi connectivity index (χ1v) is 5.21. The van der Waals surface area contributed by atoms with E-state index in [9.17, 15) is 9.59 Å². The third-order valence-corrected chi connectivity index (χ3v) is 1.80. The van der Waals surface area contributed by atoms with E-state index in [4.69, 9.17) is 5.73 Å². The zero-order chi connectivity index (χ0) is 11.9. The van der Waals surface area contributed by atoms with E-state index in [-0.39, 0.29) is 11.8 Å². The third kappa shape index (κ3) is 6.90. The standard InChI is InChI=1S/C10H21N3O2/c1-4-6-12-8(14)5-7-13-9(15)10(2,3)11/h4-7,11H2,1-3H3,(H,12,14)(H,13,15). The van der Waals surface area contributed by atoms with Gasteiger partial charge >= 0.3 is 0 Å². The summed E-state index contributed by atoms with van der Waals surface area (Å²) in [6.45, 7) is 6.24. The molecule has 0 saturated heterocycles. The Morgan fingerprint density at radius 2 is 1.80 bits per heavy atom. The molecule has 0 atom stereocenters. The summed E-state index contributed by atoms with van der Waals surface area (Å²) < 4.78 is 0. The largest absolute Gasteiger partial charge is 0.356 e. The third-order valence-electron chi connectivity index (χ3n) is 1.80. The molecule has 5 heteroatoms. The van der Waals surface area contributed by atoms with Crippen LogP contribution in [0.2, 0.25) is 0 Å². The Morgan fingerprint density at radius 1 is 1.20 bits per heavy atom. The van der Waals surface area contributed by atoms with Crippen LogP contribution in [0.15, 0.2) is 0 Å². The Bertz CT molecular complexity index is 221. The van der Waals surface area contributed by atoms with Gasteiger partial charge in [-0.1, -0.05) is 6.92 Å². The van der Waals surface area contributed by atoms with Gasteiger partial charge in [0.25, 0.3) is 0 Å². The van der Waals surface area contributed by atoms with Gasteiger partial charge in [0.2, 0.25) is 11.8 Å². The highest BCUT2D eigenvalue weighted by molar-refractivity contribution is 5.85. The lowest BCUT2D eigenvalue weighted by Crippen LogP contribution is -2.49. The molecule has 15 heavy (non-hydrogen) atoms. The summed E-state index contributed by atoms with van der Waals surface area (Å²) in [6, 6.07) is 0. The molecule has 0 aliphatic carbocycles. The van der Waals surface area contributed by atoms with Gasteiger partial charge in [0, 0.05) is 19.5 Å². The van der Waals surface area contributed by atoms with Crippen LogP contribution in [-0.4, -0.2) is 30.4 Å². The summed E-state index contributed by atoms with van der Waals surface area (Å²) >= 11 is 0. The van der Waals surface area contributed by atoms with E-state index in [0.29, 0.717) is 19.5 Å². The van der Waals surface area contributed by atoms with E-state index >= 15 is 0 Å². The minimum Gasteiger partial charge on any atom is -0.356 e. The van der Waals surface area contributed by atoms with Crippen molar-refractivity contribution in [2.24, 2.45) is 5.73 Å². The fourth-order valence-electron chi connectivity index (χ4n) is 0.870. The van der Waals surface area contributed by atoms with Crippen LogP contribution in [0.25, 0.3) is 0 Å². The monoisotopic (exact) mass is 215 g/mol. The van der Waals surface area contributed by atoms with Gasteiger partial charge in [-0.3, -0.25) is 9.59 Å². The van der Waals surface area contributed by atoms with Crippen LogP contribution in [-0.2, 0) is 9.59 Å². The van der Waals surface area contributed by atoms with Crippen LogP contribution in [0.3, 0.4) is 0 Å². The second-order valence-corrected chi connectivity index (χ2v) is 4.08. The highest BCUT2D eigenvalue weighted by Crippen LogP contribution is 1.95. The summed E-state index contributed by atoms with van der Waals surface area (Å²) in [5.74, 6) is -0.294. The van der Waals surface area contributed by atoms with Crippen molar-refractivity contribution in [1.82, 2.24) is 10.6 Å². The van der Waals surface area contributed by atoms with Crippen molar-refractivity contribution in [3.8, 4) is 0 Å². The van der Waals surface area contributed by atoms with Gasteiger partial charge < -0.3 is 16.4 Å². The van der Waals surface area contributed by atoms with Crippen molar-refractivity contribution in [1.29, 1.82) is 0 Å². The topological polar surface area (TPSA) is 84.2 Å². The lowest BCUT2D eigenvalue weighted by molar-refractivity contribution is -0.125. The predicted octanol–water partition coefficient (Wildman–Crippen LogP) is -0.244. The zero-order valence-electron chi connectivity index (χ0n) is 9.72. The van der Waals surface area contributed by atoms with Gasteiger partial charge in [0.15, 0.2) is 0 Å². The molecule has 4 N–H and O–H groups in total. The van der Waals surface area contributed by atoms with Gasteiger partial charge in [-0.25, -0.2) is 0 Å². The molecule has 0 fully saturated rings. The second-order valence-electron chi connectivity index (χ2n) is 4.08. The maximum absolute atomic E-state index is 11.3. The van der Waals surface area contributed by atoms with E-state index in [1.54, 1.807) is 13.8 Å². The first-order chi connectivity index (χ1) is 6.88. The van der Waals surface area contributed by atoms with Crippen molar-refractivity contribution < 1.29 is 9.59 Å². The summed E-state index contributed by atoms with van der Waals surface area (Å²) in [7, 11) is 0. The molecule has 0 aliphatic rings. The van der Waals surface area contributed by atoms with E-state index in [0.717, 1.165) is 6.42 Å². The van der Waals surface area contributed by atoms with Gasteiger partial charge in [-0.2, -0.15) is 0 Å². The van der Waals surface area contributed by atoms with Gasteiger partial charge in [0.1, 0.15) is 0 Å². The average molecular weight is 215 g/mol. The number of nitrogens with one attached hydrogen (secondary N) is 2. The Balaban J connectivity index is 3.62. The van der Waals surface area contributed by atoms with Crippen LogP contribution >= 0.6 is 0 Å². The van der Waals surface area contributed by atoms with Gasteiger partial charge in [0.05, 0.1) is 5.54 Å². The molecule has 0 aromatic rings. The maximum Gasteiger partial charge on any atom is 0.239 e. The molecule has 0 saturated carbocycles. The lowest BCUT2D eigenvalue weighted by atomic mass is 10.1. The quantitative estimate of drug-likeness (QED) is 0.571. The first-order valence-electron chi connectivity index (χ1n) is 5.21. The SMILES string of the molecule is CCCNC(=O)CCNC(=O)C(C)(C)N. The number of rotatable bonds is 6. The fraction of sp³-hybridized carbons (Fsp3) is 0.800. The zero-order valence-corrected chi connectivity index (χ0v) is 9.72. The van der Waals surface area contributed by atoms with E-state index in [1.165, 1.54) is 0 Å². The van der Waals surface area contributed by atoms with Crippen molar-refractivity contribution in [3.63, 3.8) is 0 Å². The summed E-state index contributed by atoms with van der Waals surface area (Å²) in [5.41, 5.74) is 4.67. The molecule has 0 bridgehead atoms. The van der Waals surface area contributed by atoms with Crippen molar-refractivity contribution in [3.05, 3.63) is 0 Å². The Morgan fingerprint density at radius 3 is 2.27 bits per heavy atom. The Labute approximate surface area is 90.8 Å². The van der Waals surface area contributed by atoms with Crippen molar-refractivity contribution >= 4 is 11.8 Å². The predicted molar refractivity (Wildman–Crippen MR) is 59.2 cm³/mol. The van der Waals surface area contributed by atoms with Crippen LogP contribution < -0.4 is 16.4 Å². The number of carbonyl (C=O) groups excluding carboxylic acids is 2. The molecule has 0 aromatic carbocycles. The van der Waals surface area contributed by atoms with Gasteiger partial charge in [-0.15, -0.1) is 0 Å². The molecule has 0 aromatic heterocycles.